The minimum absolute atomic E-state index is 0.338. The molecule has 0 saturated heterocycles. The molecule has 1 N–H and O–H groups in total. The summed E-state index contributed by atoms with van der Waals surface area (Å²) in [7, 11) is 0. The van der Waals surface area contributed by atoms with E-state index in [9.17, 15) is 4.79 Å². The van der Waals surface area contributed by atoms with Gasteiger partial charge in [-0.1, -0.05) is 29.3 Å². The largest absolute Gasteiger partial charge is 0.271 e. The highest BCUT2D eigenvalue weighted by molar-refractivity contribution is 6.32. The summed E-state index contributed by atoms with van der Waals surface area (Å²) in [5.74, 6) is -0.338. The molecule has 0 aliphatic carbocycles. The Kier molecular flexibility index (Phi) is 5.11. The molecule has 0 saturated carbocycles. The first-order chi connectivity index (χ1) is 12.1. The highest BCUT2D eigenvalue weighted by atomic mass is 35.5. The van der Waals surface area contributed by atoms with Gasteiger partial charge in [0.2, 0.25) is 0 Å². The zero-order valence-electron chi connectivity index (χ0n) is 13.1. The van der Waals surface area contributed by atoms with Crippen LogP contribution in [-0.2, 0) is 0 Å². The normalized spacial score (nSPS) is 11.0. The highest BCUT2D eigenvalue weighted by Crippen LogP contribution is 2.23. The van der Waals surface area contributed by atoms with Crippen molar-refractivity contribution in [2.24, 2.45) is 5.10 Å². The Morgan fingerprint density at radius 1 is 1.24 bits per heavy atom. The Morgan fingerprint density at radius 2 is 2.00 bits per heavy atom. The van der Waals surface area contributed by atoms with Gasteiger partial charge >= 0.3 is 0 Å². The van der Waals surface area contributed by atoms with Crippen molar-refractivity contribution in [3.63, 3.8) is 0 Å². The van der Waals surface area contributed by atoms with Crippen molar-refractivity contribution in [2.45, 2.75) is 6.92 Å². The van der Waals surface area contributed by atoms with E-state index in [1.807, 2.05) is 12.1 Å². The van der Waals surface area contributed by atoms with Gasteiger partial charge in [0.1, 0.15) is 5.15 Å². The zero-order chi connectivity index (χ0) is 17.8. The molecule has 0 unspecified atom stereocenters. The van der Waals surface area contributed by atoms with E-state index in [4.69, 9.17) is 23.2 Å². The Hall–Kier alpha value is -2.70. The molecule has 8 heteroatoms. The first-order valence-electron chi connectivity index (χ1n) is 7.31. The fourth-order valence-corrected chi connectivity index (χ4v) is 2.67. The molecule has 1 amide bonds. The van der Waals surface area contributed by atoms with E-state index < -0.39 is 0 Å². The summed E-state index contributed by atoms with van der Waals surface area (Å²) in [5.41, 5.74) is 4.93. The predicted molar refractivity (Wildman–Crippen MR) is 97.6 cm³/mol. The maximum atomic E-state index is 11.9. The Labute approximate surface area is 154 Å². The SMILES string of the molecule is Cc1nn(-c2cccc(Cl)c2)c(Cl)c1C=NNC(=O)c1ccncc1. The number of aromatic nitrogens is 3. The van der Waals surface area contributed by atoms with Crippen molar-refractivity contribution in [1.29, 1.82) is 0 Å². The Balaban J connectivity index is 1.80. The van der Waals surface area contributed by atoms with E-state index in [0.717, 1.165) is 5.69 Å². The quantitative estimate of drug-likeness (QED) is 0.560. The van der Waals surface area contributed by atoms with Crippen LogP contribution in [0.3, 0.4) is 0 Å². The van der Waals surface area contributed by atoms with Crippen molar-refractivity contribution in [2.75, 3.05) is 0 Å². The molecule has 3 rings (SSSR count). The molecule has 0 spiro atoms. The molecule has 126 valence electrons. The number of aryl methyl sites for hydroxylation is 1. The van der Waals surface area contributed by atoms with Crippen LogP contribution in [0.1, 0.15) is 21.6 Å². The van der Waals surface area contributed by atoms with Crippen LogP contribution >= 0.6 is 23.2 Å². The molecule has 0 aliphatic rings. The number of nitrogens with zero attached hydrogens (tertiary/aromatic N) is 4. The second-order valence-electron chi connectivity index (χ2n) is 5.12. The summed E-state index contributed by atoms with van der Waals surface area (Å²) in [6.07, 6.45) is 4.54. The molecule has 2 heterocycles. The standard InChI is InChI=1S/C17H13Cl2N5O/c1-11-15(10-21-22-17(25)12-5-7-20-8-6-12)16(19)24(23-11)14-4-2-3-13(18)9-14/h2-10H,1H3,(H,22,25). The summed E-state index contributed by atoms with van der Waals surface area (Å²) in [6, 6.07) is 10.4. The van der Waals surface area contributed by atoms with E-state index in [0.29, 0.717) is 27.0 Å². The van der Waals surface area contributed by atoms with Crippen molar-refractivity contribution in [1.82, 2.24) is 20.2 Å². The van der Waals surface area contributed by atoms with Crippen LogP contribution in [0.4, 0.5) is 0 Å². The van der Waals surface area contributed by atoms with E-state index in [-0.39, 0.29) is 5.91 Å². The lowest BCUT2D eigenvalue weighted by molar-refractivity contribution is 0.0955. The summed E-state index contributed by atoms with van der Waals surface area (Å²) >= 11 is 12.4. The average Bonchev–Trinajstić information content (AvgIpc) is 2.90. The van der Waals surface area contributed by atoms with Crippen molar-refractivity contribution in [3.8, 4) is 5.69 Å². The third-order valence-electron chi connectivity index (χ3n) is 3.40. The van der Waals surface area contributed by atoms with Crippen molar-refractivity contribution in [3.05, 3.63) is 75.8 Å². The molecule has 1 aromatic carbocycles. The number of nitrogens with one attached hydrogen (secondary N) is 1. The third kappa shape index (κ3) is 3.87. The van der Waals surface area contributed by atoms with Crippen LogP contribution in [0.2, 0.25) is 10.2 Å². The molecule has 2 aromatic heterocycles. The van der Waals surface area contributed by atoms with Gasteiger partial charge in [-0.25, -0.2) is 10.1 Å². The van der Waals surface area contributed by atoms with E-state index in [1.54, 1.807) is 35.9 Å². The first-order valence-corrected chi connectivity index (χ1v) is 8.06. The number of hydrogen-bond acceptors (Lipinski definition) is 4. The maximum absolute atomic E-state index is 11.9. The summed E-state index contributed by atoms with van der Waals surface area (Å²) in [5, 5.41) is 9.31. The predicted octanol–water partition coefficient (Wildman–Crippen LogP) is 3.65. The number of carbonyl (C=O) groups is 1. The van der Waals surface area contributed by atoms with Gasteiger partial charge in [0, 0.05) is 23.0 Å². The van der Waals surface area contributed by atoms with Gasteiger partial charge in [-0.2, -0.15) is 10.2 Å². The lowest BCUT2D eigenvalue weighted by Gasteiger charge is -2.03. The van der Waals surface area contributed by atoms with E-state index >= 15 is 0 Å². The zero-order valence-corrected chi connectivity index (χ0v) is 14.7. The summed E-state index contributed by atoms with van der Waals surface area (Å²) in [6.45, 7) is 1.80. The van der Waals surface area contributed by atoms with Crippen LogP contribution < -0.4 is 5.43 Å². The van der Waals surface area contributed by atoms with E-state index in [2.05, 4.69) is 20.6 Å². The summed E-state index contributed by atoms with van der Waals surface area (Å²) < 4.78 is 1.56. The van der Waals surface area contributed by atoms with Crippen LogP contribution in [0.5, 0.6) is 0 Å². The minimum Gasteiger partial charge on any atom is -0.267 e. The molecule has 0 fully saturated rings. The van der Waals surface area contributed by atoms with Crippen LogP contribution in [0, 0.1) is 6.92 Å². The fraction of sp³-hybridized carbons (Fsp3) is 0.0588. The van der Waals surface area contributed by atoms with Gasteiger partial charge in [-0.3, -0.25) is 9.78 Å². The monoisotopic (exact) mass is 373 g/mol. The maximum Gasteiger partial charge on any atom is 0.271 e. The lowest BCUT2D eigenvalue weighted by Crippen LogP contribution is -2.17. The number of amides is 1. The molecular weight excluding hydrogens is 361 g/mol. The fourth-order valence-electron chi connectivity index (χ4n) is 2.16. The second-order valence-corrected chi connectivity index (χ2v) is 5.91. The molecule has 0 atom stereocenters. The van der Waals surface area contributed by atoms with Crippen LogP contribution in [0.15, 0.2) is 53.9 Å². The molecule has 0 radical (unpaired) electrons. The Morgan fingerprint density at radius 3 is 2.72 bits per heavy atom. The Bertz CT molecular complexity index is 937. The number of rotatable bonds is 4. The molecule has 0 bridgehead atoms. The molecule has 3 aromatic rings. The topological polar surface area (TPSA) is 72.2 Å². The number of carbonyl (C=O) groups excluding carboxylic acids is 1. The number of hydrazone groups is 1. The third-order valence-corrected chi connectivity index (χ3v) is 4.00. The smallest absolute Gasteiger partial charge is 0.267 e. The van der Waals surface area contributed by atoms with Gasteiger partial charge in [0.05, 0.1) is 23.2 Å². The van der Waals surface area contributed by atoms with Gasteiger partial charge in [-0.05, 0) is 37.3 Å². The lowest BCUT2D eigenvalue weighted by atomic mass is 10.2. The second kappa shape index (κ2) is 7.46. The van der Waals surface area contributed by atoms with Gasteiger partial charge in [-0.15, -0.1) is 0 Å². The molecule has 25 heavy (non-hydrogen) atoms. The van der Waals surface area contributed by atoms with Gasteiger partial charge < -0.3 is 0 Å². The van der Waals surface area contributed by atoms with Gasteiger partial charge in [0.25, 0.3) is 5.91 Å². The number of halogens is 2. The number of pyridine rings is 1. The average molecular weight is 374 g/mol. The first kappa shape index (κ1) is 17.1. The molecule has 0 aliphatic heterocycles. The van der Waals surface area contributed by atoms with Crippen LogP contribution in [-0.4, -0.2) is 26.9 Å². The highest BCUT2D eigenvalue weighted by Gasteiger charge is 2.13. The molecular formula is C17H13Cl2N5O. The number of benzene rings is 1. The van der Waals surface area contributed by atoms with Crippen LogP contribution in [0.25, 0.3) is 5.69 Å². The minimum atomic E-state index is -0.338. The molecule has 6 nitrogen and oxygen atoms in total. The summed E-state index contributed by atoms with van der Waals surface area (Å²) in [4.78, 5) is 15.8. The number of hydrogen-bond donors (Lipinski definition) is 1. The van der Waals surface area contributed by atoms with Crippen molar-refractivity contribution < 1.29 is 4.79 Å². The van der Waals surface area contributed by atoms with Gasteiger partial charge in [0.15, 0.2) is 0 Å². The van der Waals surface area contributed by atoms with E-state index in [1.165, 1.54) is 18.6 Å². The van der Waals surface area contributed by atoms with Crippen molar-refractivity contribution >= 4 is 35.3 Å².